The van der Waals surface area contributed by atoms with Gasteiger partial charge in [0.15, 0.2) is 11.5 Å². The third kappa shape index (κ3) is 2.83. The molecule has 1 amide bonds. The minimum Gasteiger partial charge on any atom is -0.504 e. The molecule has 1 fully saturated rings. The van der Waals surface area contributed by atoms with Gasteiger partial charge in [-0.15, -0.1) is 0 Å². The lowest BCUT2D eigenvalue weighted by molar-refractivity contribution is 0.0685. The molecule has 0 aromatic heterocycles. The molecular weight excluding hydrogens is 242 g/mol. The van der Waals surface area contributed by atoms with E-state index in [4.69, 9.17) is 4.74 Å². The standard InChI is InChI=1S/C15H21NO3/c1-3-11-7-9-16(10-8-11)15(18)12-5-4-6-13(19-2)14(12)17/h4-6,11,17H,3,7-10H2,1-2H3. The fraction of sp³-hybridized carbons (Fsp3) is 0.533. The van der Waals surface area contributed by atoms with Gasteiger partial charge in [0.2, 0.25) is 0 Å². The molecule has 1 aromatic carbocycles. The van der Waals surface area contributed by atoms with Crippen molar-refractivity contribution in [3.8, 4) is 11.5 Å². The van der Waals surface area contributed by atoms with Crippen LogP contribution in [-0.2, 0) is 0 Å². The zero-order chi connectivity index (χ0) is 13.8. The molecule has 0 spiro atoms. The number of piperidine rings is 1. The molecule has 104 valence electrons. The molecule has 0 aliphatic carbocycles. The maximum Gasteiger partial charge on any atom is 0.257 e. The van der Waals surface area contributed by atoms with Crippen molar-refractivity contribution in [2.75, 3.05) is 20.2 Å². The number of methoxy groups -OCH3 is 1. The van der Waals surface area contributed by atoms with E-state index >= 15 is 0 Å². The molecule has 0 bridgehead atoms. The van der Waals surface area contributed by atoms with Crippen LogP contribution in [-0.4, -0.2) is 36.1 Å². The molecular formula is C15H21NO3. The fourth-order valence-corrected chi connectivity index (χ4v) is 2.57. The Morgan fingerprint density at radius 1 is 1.42 bits per heavy atom. The molecule has 1 aliphatic rings. The minimum absolute atomic E-state index is 0.0624. The third-order valence-electron chi connectivity index (χ3n) is 3.93. The second kappa shape index (κ2) is 5.95. The number of para-hydroxylation sites is 1. The van der Waals surface area contributed by atoms with Gasteiger partial charge in [-0.3, -0.25) is 4.79 Å². The number of amides is 1. The van der Waals surface area contributed by atoms with E-state index < -0.39 is 0 Å². The quantitative estimate of drug-likeness (QED) is 0.912. The van der Waals surface area contributed by atoms with Crippen molar-refractivity contribution in [1.29, 1.82) is 0 Å². The average Bonchev–Trinajstić information content (AvgIpc) is 2.47. The van der Waals surface area contributed by atoms with E-state index in [1.54, 1.807) is 18.2 Å². The van der Waals surface area contributed by atoms with Crippen LogP contribution in [0.3, 0.4) is 0 Å². The molecule has 1 aromatic rings. The van der Waals surface area contributed by atoms with Crippen molar-refractivity contribution in [3.63, 3.8) is 0 Å². The van der Waals surface area contributed by atoms with Crippen molar-refractivity contribution < 1.29 is 14.6 Å². The van der Waals surface area contributed by atoms with Crippen LogP contribution in [0.5, 0.6) is 11.5 Å². The number of carbonyl (C=O) groups excluding carboxylic acids is 1. The normalized spacial score (nSPS) is 16.4. The van der Waals surface area contributed by atoms with E-state index in [-0.39, 0.29) is 11.7 Å². The molecule has 1 aliphatic heterocycles. The molecule has 4 heteroatoms. The summed E-state index contributed by atoms with van der Waals surface area (Å²) < 4.78 is 5.04. The van der Waals surface area contributed by atoms with Crippen LogP contribution < -0.4 is 4.74 Å². The molecule has 0 radical (unpaired) electrons. The van der Waals surface area contributed by atoms with Gasteiger partial charge in [0, 0.05) is 13.1 Å². The molecule has 1 heterocycles. The largest absolute Gasteiger partial charge is 0.504 e. The first-order valence-electron chi connectivity index (χ1n) is 6.82. The Morgan fingerprint density at radius 3 is 2.68 bits per heavy atom. The summed E-state index contributed by atoms with van der Waals surface area (Å²) in [4.78, 5) is 14.2. The van der Waals surface area contributed by atoms with E-state index in [1.807, 2.05) is 4.90 Å². The molecule has 19 heavy (non-hydrogen) atoms. The number of rotatable bonds is 3. The molecule has 1 saturated heterocycles. The van der Waals surface area contributed by atoms with Crippen molar-refractivity contribution in [2.45, 2.75) is 26.2 Å². The van der Waals surface area contributed by atoms with Crippen LogP contribution in [0.2, 0.25) is 0 Å². The van der Waals surface area contributed by atoms with Gasteiger partial charge in [-0.1, -0.05) is 19.4 Å². The Kier molecular flexibility index (Phi) is 4.30. The van der Waals surface area contributed by atoms with Gasteiger partial charge in [0.1, 0.15) is 0 Å². The smallest absolute Gasteiger partial charge is 0.257 e. The molecule has 0 atom stereocenters. The van der Waals surface area contributed by atoms with Gasteiger partial charge in [-0.05, 0) is 30.9 Å². The van der Waals surface area contributed by atoms with Gasteiger partial charge in [-0.25, -0.2) is 0 Å². The molecule has 4 nitrogen and oxygen atoms in total. The van der Waals surface area contributed by atoms with Gasteiger partial charge in [-0.2, -0.15) is 0 Å². The zero-order valence-electron chi connectivity index (χ0n) is 11.6. The highest BCUT2D eigenvalue weighted by Crippen LogP contribution is 2.31. The number of benzene rings is 1. The van der Waals surface area contributed by atoms with Crippen LogP contribution in [0.1, 0.15) is 36.5 Å². The third-order valence-corrected chi connectivity index (χ3v) is 3.93. The highest BCUT2D eigenvalue weighted by atomic mass is 16.5. The molecule has 0 saturated carbocycles. The lowest BCUT2D eigenvalue weighted by Gasteiger charge is -2.31. The van der Waals surface area contributed by atoms with E-state index in [0.717, 1.165) is 31.8 Å². The average molecular weight is 263 g/mol. The van der Waals surface area contributed by atoms with Crippen molar-refractivity contribution in [2.24, 2.45) is 5.92 Å². The second-order valence-electron chi connectivity index (χ2n) is 5.00. The molecule has 0 unspecified atom stereocenters. The number of hydrogen-bond donors (Lipinski definition) is 1. The SMILES string of the molecule is CCC1CCN(C(=O)c2cccc(OC)c2O)CC1. The number of phenolic OH excluding ortho intramolecular Hbond substituents is 1. The van der Waals surface area contributed by atoms with Gasteiger partial charge in [0.25, 0.3) is 5.91 Å². The number of nitrogens with zero attached hydrogens (tertiary/aromatic N) is 1. The topological polar surface area (TPSA) is 49.8 Å². The summed E-state index contributed by atoms with van der Waals surface area (Å²) in [7, 11) is 1.48. The first-order valence-corrected chi connectivity index (χ1v) is 6.82. The summed E-state index contributed by atoms with van der Waals surface area (Å²) in [5.74, 6) is 0.899. The summed E-state index contributed by atoms with van der Waals surface area (Å²) in [6.07, 6.45) is 3.27. The number of hydrogen-bond acceptors (Lipinski definition) is 3. The van der Waals surface area contributed by atoms with E-state index in [1.165, 1.54) is 13.5 Å². The summed E-state index contributed by atoms with van der Waals surface area (Å²) >= 11 is 0. The highest BCUT2D eigenvalue weighted by Gasteiger charge is 2.25. The number of ether oxygens (including phenoxy) is 1. The number of carbonyl (C=O) groups is 1. The fourth-order valence-electron chi connectivity index (χ4n) is 2.57. The minimum atomic E-state index is -0.106. The first kappa shape index (κ1) is 13.7. The number of likely N-dealkylation sites (tertiary alicyclic amines) is 1. The van der Waals surface area contributed by atoms with E-state index in [9.17, 15) is 9.90 Å². The van der Waals surface area contributed by atoms with Crippen molar-refractivity contribution in [3.05, 3.63) is 23.8 Å². The van der Waals surface area contributed by atoms with Crippen molar-refractivity contribution >= 4 is 5.91 Å². The van der Waals surface area contributed by atoms with E-state index in [2.05, 4.69) is 6.92 Å². The summed E-state index contributed by atoms with van der Waals surface area (Å²) in [6.45, 7) is 3.73. The maximum atomic E-state index is 12.4. The second-order valence-corrected chi connectivity index (χ2v) is 5.00. The zero-order valence-corrected chi connectivity index (χ0v) is 11.6. The summed E-state index contributed by atoms with van der Waals surface area (Å²) in [5.41, 5.74) is 0.328. The van der Waals surface area contributed by atoms with Crippen molar-refractivity contribution in [1.82, 2.24) is 4.90 Å². The van der Waals surface area contributed by atoms with Gasteiger partial charge in [0.05, 0.1) is 12.7 Å². The summed E-state index contributed by atoms with van der Waals surface area (Å²) in [6, 6.07) is 5.02. The van der Waals surface area contributed by atoms with Gasteiger partial charge < -0.3 is 14.7 Å². The Hall–Kier alpha value is -1.71. The Bertz CT molecular complexity index is 451. The predicted molar refractivity (Wildman–Crippen MR) is 73.6 cm³/mol. The lowest BCUT2D eigenvalue weighted by Crippen LogP contribution is -2.38. The van der Waals surface area contributed by atoms with Crippen LogP contribution in [0.4, 0.5) is 0 Å². The van der Waals surface area contributed by atoms with Crippen LogP contribution in [0.25, 0.3) is 0 Å². The van der Waals surface area contributed by atoms with Crippen LogP contribution in [0.15, 0.2) is 18.2 Å². The van der Waals surface area contributed by atoms with Crippen LogP contribution in [0, 0.1) is 5.92 Å². The first-order chi connectivity index (χ1) is 9.17. The Labute approximate surface area is 114 Å². The highest BCUT2D eigenvalue weighted by molar-refractivity contribution is 5.97. The predicted octanol–water partition coefficient (Wildman–Crippen LogP) is 2.66. The molecule has 2 rings (SSSR count). The Morgan fingerprint density at radius 2 is 2.11 bits per heavy atom. The maximum absolute atomic E-state index is 12.4. The van der Waals surface area contributed by atoms with E-state index in [0.29, 0.717) is 11.3 Å². The van der Waals surface area contributed by atoms with Gasteiger partial charge >= 0.3 is 0 Å². The summed E-state index contributed by atoms with van der Waals surface area (Å²) in [5, 5.41) is 10.0. The molecule has 1 N–H and O–H groups in total. The Balaban J connectivity index is 2.12. The monoisotopic (exact) mass is 263 g/mol. The number of phenols is 1. The van der Waals surface area contributed by atoms with Crippen LogP contribution >= 0.6 is 0 Å². The lowest BCUT2D eigenvalue weighted by atomic mass is 9.94. The number of aromatic hydroxyl groups is 1.